The monoisotopic (exact) mass is 280 g/mol. The van der Waals surface area contributed by atoms with Gasteiger partial charge in [0.25, 0.3) is 0 Å². The van der Waals surface area contributed by atoms with Gasteiger partial charge in [-0.15, -0.1) is 0 Å². The van der Waals surface area contributed by atoms with E-state index in [1.165, 1.54) is 32.1 Å². The summed E-state index contributed by atoms with van der Waals surface area (Å²) in [5, 5.41) is 0. The standard InChI is InChI=1S/C16H21FO3/c1-19-16-9-8-12(10-14(16)17)15(18)11-20-13-6-4-2-3-5-7-13/h8-10,13H,2-7,11H2,1H3. The molecule has 1 saturated carbocycles. The molecule has 0 bridgehead atoms. The van der Waals surface area contributed by atoms with Crippen molar-refractivity contribution in [1.29, 1.82) is 0 Å². The normalized spacial score (nSPS) is 16.7. The van der Waals surface area contributed by atoms with E-state index < -0.39 is 5.82 Å². The quantitative estimate of drug-likeness (QED) is 0.608. The maximum Gasteiger partial charge on any atom is 0.188 e. The van der Waals surface area contributed by atoms with Gasteiger partial charge in [0.05, 0.1) is 13.2 Å². The van der Waals surface area contributed by atoms with E-state index >= 15 is 0 Å². The van der Waals surface area contributed by atoms with Crippen molar-refractivity contribution in [1.82, 2.24) is 0 Å². The molecule has 1 aliphatic rings. The van der Waals surface area contributed by atoms with E-state index in [0.29, 0.717) is 5.56 Å². The van der Waals surface area contributed by atoms with Gasteiger partial charge < -0.3 is 9.47 Å². The first kappa shape index (κ1) is 15.0. The Morgan fingerprint density at radius 1 is 1.25 bits per heavy atom. The fraction of sp³-hybridized carbons (Fsp3) is 0.562. The summed E-state index contributed by atoms with van der Waals surface area (Å²) in [6.45, 7) is 0.0242. The van der Waals surface area contributed by atoms with Gasteiger partial charge in [0.15, 0.2) is 17.3 Å². The second-order valence-corrected chi connectivity index (χ2v) is 5.20. The summed E-state index contributed by atoms with van der Waals surface area (Å²) in [6.07, 6.45) is 7.03. The molecule has 0 radical (unpaired) electrons. The second-order valence-electron chi connectivity index (χ2n) is 5.20. The first-order valence-electron chi connectivity index (χ1n) is 7.19. The zero-order valence-corrected chi connectivity index (χ0v) is 11.9. The van der Waals surface area contributed by atoms with Crippen molar-refractivity contribution in [3.63, 3.8) is 0 Å². The Labute approximate surface area is 119 Å². The minimum absolute atomic E-state index is 0.0242. The summed E-state index contributed by atoms with van der Waals surface area (Å²) in [5.74, 6) is -0.560. The third-order valence-electron chi connectivity index (χ3n) is 3.73. The number of methoxy groups -OCH3 is 1. The fourth-order valence-electron chi connectivity index (χ4n) is 2.53. The number of benzene rings is 1. The Balaban J connectivity index is 1.89. The van der Waals surface area contributed by atoms with Crippen molar-refractivity contribution < 1.29 is 18.7 Å². The second kappa shape index (κ2) is 7.39. The van der Waals surface area contributed by atoms with Crippen LogP contribution < -0.4 is 4.74 Å². The Morgan fingerprint density at radius 3 is 2.55 bits per heavy atom. The van der Waals surface area contributed by atoms with Crippen LogP contribution in [0.4, 0.5) is 4.39 Å². The van der Waals surface area contributed by atoms with Crippen LogP contribution >= 0.6 is 0 Å². The molecular weight excluding hydrogens is 259 g/mol. The average Bonchev–Trinajstić information content (AvgIpc) is 2.73. The molecule has 1 aromatic rings. The maximum atomic E-state index is 13.5. The third-order valence-corrected chi connectivity index (χ3v) is 3.73. The van der Waals surface area contributed by atoms with Crippen molar-refractivity contribution in [2.45, 2.75) is 44.6 Å². The molecule has 0 aliphatic heterocycles. The van der Waals surface area contributed by atoms with E-state index in [-0.39, 0.29) is 24.2 Å². The predicted molar refractivity (Wildman–Crippen MR) is 74.7 cm³/mol. The first-order valence-corrected chi connectivity index (χ1v) is 7.19. The maximum absolute atomic E-state index is 13.5. The number of carbonyl (C=O) groups excluding carboxylic acids is 1. The molecule has 110 valence electrons. The number of rotatable bonds is 5. The van der Waals surface area contributed by atoms with Crippen LogP contribution in [0.5, 0.6) is 5.75 Å². The number of halogens is 1. The van der Waals surface area contributed by atoms with Crippen molar-refractivity contribution in [3.05, 3.63) is 29.6 Å². The molecule has 1 fully saturated rings. The van der Waals surface area contributed by atoms with Gasteiger partial charge in [-0.1, -0.05) is 25.7 Å². The van der Waals surface area contributed by atoms with Gasteiger partial charge in [0.1, 0.15) is 6.61 Å². The van der Waals surface area contributed by atoms with E-state index in [9.17, 15) is 9.18 Å². The molecule has 0 spiro atoms. The van der Waals surface area contributed by atoms with Gasteiger partial charge in [0, 0.05) is 5.56 Å². The first-order chi connectivity index (χ1) is 9.70. The van der Waals surface area contributed by atoms with Gasteiger partial charge in [-0.05, 0) is 31.0 Å². The molecule has 20 heavy (non-hydrogen) atoms. The van der Waals surface area contributed by atoms with Crippen LogP contribution in [0.25, 0.3) is 0 Å². The number of hydrogen-bond donors (Lipinski definition) is 0. The molecule has 2 rings (SSSR count). The lowest BCUT2D eigenvalue weighted by atomic mass is 10.1. The molecular formula is C16H21FO3. The Kier molecular flexibility index (Phi) is 5.53. The molecule has 0 aromatic heterocycles. The lowest BCUT2D eigenvalue weighted by Crippen LogP contribution is -2.18. The van der Waals surface area contributed by atoms with Crippen LogP contribution in [-0.2, 0) is 4.74 Å². The molecule has 1 aromatic carbocycles. The number of ketones is 1. The lowest BCUT2D eigenvalue weighted by molar-refractivity contribution is 0.0389. The zero-order valence-electron chi connectivity index (χ0n) is 11.9. The highest BCUT2D eigenvalue weighted by atomic mass is 19.1. The highest BCUT2D eigenvalue weighted by Gasteiger charge is 2.16. The van der Waals surface area contributed by atoms with E-state index in [1.807, 2.05) is 0 Å². The largest absolute Gasteiger partial charge is 0.494 e. The fourth-order valence-corrected chi connectivity index (χ4v) is 2.53. The van der Waals surface area contributed by atoms with E-state index in [0.717, 1.165) is 25.7 Å². The topological polar surface area (TPSA) is 35.5 Å². The third kappa shape index (κ3) is 4.04. The number of hydrogen-bond acceptors (Lipinski definition) is 3. The van der Waals surface area contributed by atoms with E-state index in [4.69, 9.17) is 9.47 Å². The molecule has 3 nitrogen and oxygen atoms in total. The highest BCUT2D eigenvalue weighted by molar-refractivity contribution is 5.97. The van der Waals surface area contributed by atoms with Crippen LogP contribution in [-0.4, -0.2) is 25.6 Å². The summed E-state index contributed by atoms with van der Waals surface area (Å²) in [6, 6.07) is 4.24. The van der Waals surface area contributed by atoms with E-state index in [2.05, 4.69) is 0 Å². The molecule has 0 amide bonds. The molecule has 1 aliphatic carbocycles. The van der Waals surface area contributed by atoms with Crippen molar-refractivity contribution >= 4 is 5.78 Å². The highest BCUT2D eigenvalue weighted by Crippen LogP contribution is 2.21. The number of ether oxygens (including phenoxy) is 2. The summed E-state index contributed by atoms with van der Waals surface area (Å²) in [5.41, 5.74) is 0.330. The smallest absolute Gasteiger partial charge is 0.188 e. The number of carbonyl (C=O) groups is 1. The van der Waals surface area contributed by atoms with Crippen molar-refractivity contribution in [2.75, 3.05) is 13.7 Å². The van der Waals surface area contributed by atoms with Crippen LogP contribution in [0.15, 0.2) is 18.2 Å². The summed E-state index contributed by atoms with van der Waals surface area (Å²) < 4.78 is 24.0. The summed E-state index contributed by atoms with van der Waals surface area (Å²) in [4.78, 5) is 12.0. The van der Waals surface area contributed by atoms with Gasteiger partial charge >= 0.3 is 0 Å². The van der Waals surface area contributed by atoms with Crippen molar-refractivity contribution in [3.8, 4) is 5.75 Å². The molecule has 0 N–H and O–H groups in total. The minimum Gasteiger partial charge on any atom is -0.494 e. The molecule has 4 heteroatoms. The van der Waals surface area contributed by atoms with Crippen LogP contribution in [0.1, 0.15) is 48.9 Å². The van der Waals surface area contributed by atoms with Crippen LogP contribution in [0, 0.1) is 5.82 Å². The Hall–Kier alpha value is -1.42. The molecule has 0 atom stereocenters. The van der Waals surface area contributed by atoms with Gasteiger partial charge in [0.2, 0.25) is 0 Å². The SMILES string of the molecule is COc1ccc(C(=O)COC2CCCCCC2)cc1F. The van der Waals surface area contributed by atoms with Gasteiger partial charge in [-0.25, -0.2) is 4.39 Å². The Morgan fingerprint density at radius 2 is 1.95 bits per heavy atom. The van der Waals surface area contributed by atoms with Crippen molar-refractivity contribution in [2.24, 2.45) is 0 Å². The zero-order chi connectivity index (χ0) is 14.4. The van der Waals surface area contributed by atoms with Gasteiger partial charge in [-0.2, -0.15) is 0 Å². The molecule has 0 unspecified atom stereocenters. The average molecular weight is 280 g/mol. The van der Waals surface area contributed by atoms with Crippen LogP contribution in [0.3, 0.4) is 0 Å². The van der Waals surface area contributed by atoms with Gasteiger partial charge in [-0.3, -0.25) is 4.79 Å². The number of Topliss-reactive ketones (excluding diaryl/α,β-unsaturated/α-hetero) is 1. The lowest BCUT2D eigenvalue weighted by Gasteiger charge is -2.14. The summed E-state index contributed by atoms with van der Waals surface area (Å²) in [7, 11) is 1.40. The molecule has 0 saturated heterocycles. The minimum atomic E-state index is -0.521. The van der Waals surface area contributed by atoms with E-state index in [1.54, 1.807) is 6.07 Å². The van der Waals surface area contributed by atoms with Crippen LogP contribution in [0.2, 0.25) is 0 Å². The summed E-state index contributed by atoms with van der Waals surface area (Å²) >= 11 is 0. The predicted octanol–water partition coefficient (Wildman–Crippen LogP) is 3.76. The molecule has 0 heterocycles. The Bertz CT molecular complexity index is 451.